The van der Waals surface area contributed by atoms with Crippen molar-refractivity contribution in [3.05, 3.63) is 35.9 Å². The van der Waals surface area contributed by atoms with Crippen molar-refractivity contribution in [1.82, 2.24) is 16.0 Å². The van der Waals surface area contributed by atoms with Gasteiger partial charge in [-0.25, -0.2) is 0 Å². The minimum atomic E-state index is -0.708. The maximum atomic E-state index is 14.1. The lowest BCUT2D eigenvalue weighted by molar-refractivity contribution is -0.157. The predicted octanol–water partition coefficient (Wildman–Crippen LogP) is 9.39. The number of nitrogens with one attached hydrogen (secondary N) is 3. The highest BCUT2D eigenvalue weighted by molar-refractivity contribution is 5.90. The number of ether oxygens (including phenoxy) is 2. The van der Waals surface area contributed by atoms with Crippen molar-refractivity contribution in [3.8, 4) is 0 Å². The fraction of sp³-hybridized carbons (Fsp3) is 0.759. The van der Waals surface area contributed by atoms with Crippen LogP contribution < -0.4 is 16.0 Å². The highest BCUT2D eigenvalue weighted by atomic mass is 16.6. The summed E-state index contributed by atoms with van der Waals surface area (Å²) in [6.45, 7) is 16.9. The van der Waals surface area contributed by atoms with E-state index in [0.29, 0.717) is 19.3 Å². The topological polar surface area (TPSA) is 174 Å². The molecule has 3 saturated carbocycles. The van der Waals surface area contributed by atoms with Crippen LogP contribution in [0.25, 0.3) is 0 Å². The molecule has 4 rings (SSSR count). The monoisotopic (exact) mass is 920 g/mol. The van der Waals surface area contributed by atoms with Crippen LogP contribution >= 0.6 is 0 Å². The standard InChI is InChI=1S/C54H85N3O9/c1-10-39(48(59)30-34(4)50(61)57-46-29-21-19-27-44(46)41(12-3)53(64)65-33-37-22-14-13-15-23-37)42-25-17-16-24-38(42)32-47(58)36(6)55-52(63)40(11-2)43-26-18-20-28-45(43)56-51(62)35(5)31-49(60)66-54(7,8)9/h13-15,22-23,34-36,38-46H,10-12,16-21,24-33H2,1-9H3,(H,55,63)(H,56,62)(H,57,61)/t34-,35-,36+,38-,39+,40+,41+,42-,43+,44+,45+,46+/m0/s1. The molecule has 370 valence electrons. The molecule has 1 aromatic carbocycles. The lowest BCUT2D eigenvalue weighted by atomic mass is 9.67. The van der Waals surface area contributed by atoms with E-state index >= 15 is 0 Å². The van der Waals surface area contributed by atoms with Gasteiger partial charge in [0.05, 0.1) is 18.4 Å². The van der Waals surface area contributed by atoms with E-state index in [1.807, 2.05) is 58.0 Å². The van der Waals surface area contributed by atoms with Gasteiger partial charge in [-0.05, 0) is 115 Å². The fourth-order valence-electron chi connectivity index (χ4n) is 11.3. The van der Waals surface area contributed by atoms with Crippen LogP contribution in [0.4, 0.5) is 0 Å². The quantitative estimate of drug-likeness (QED) is 0.0904. The molecule has 3 N–H and O–H groups in total. The third-order valence-electron chi connectivity index (χ3n) is 15.0. The van der Waals surface area contributed by atoms with E-state index in [9.17, 15) is 33.6 Å². The Bertz CT molecular complexity index is 1760. The lowest BCUT2D eigenvalue weighted by Gasteiger charge is -2.38. The Morgan fingerprint density at radius 2 is 1.11 bits per heavy atom. The molecule has 0 aromatic heterocycles. The van der Waals surface area contributed by atoms with E-state index in [1.165, 1.54) is 0 Å². The Morgan fingerprint density at radius 3 is 1.65 bits per heavy atom. The van der Waals surface area contributed by atoms with Gasteiger partial charge in [-0.1, -0.05) is 103 Å². The van der Waals surface area contributed by atoms with Crippen molar-refractivity contribution >= 4 is 41.2 Å². The molecule has 0 heterocycles. The molecule has 0 unspecified atom stereocenters. The fourth-order valence-corrected chi connectivity index (χ4v) is 11.3. The van der Waals surface area contributed by atoms with Crippen molar-refractivity contribution < 1.29 is 43.0 Å². The third kappa shape index (κ3) is 16.3. The molecule has 0 radical (unpaired) electrons. The van der Waals surface area contributed by atoms with E-state index in [-0.39, 0.29) is 109 Å². The molecule has 3 amide bonds. The lowest BCUT2D eigenvalue weighted by Crippen LogP contribution is -2.51. The summed E-state index contributed by atoms with van der Waals surface area (Å²) >= 11 is 0. The van der Waals surface area contributed by atoms with Crippen molar-refractivity contribution in [2.45, 2.75) is 208 Å². The van der Waals surface area contributed by atoms with Crippen LogP contribution in [0.1, 0.15) is 183 Å². The van der Waals surface area contributed by atoms with Crippen LogP contribution in [0.3, 0.4) is 0 Å². The van der Waals surface area contributed by atoms with E-state index in [4.69, 9.17) is 9.47 Å². The second-order valence-corrected chi connectivity index (χ2v) is 21.1. The van der Waals surface area contributed by atoms with Crippen molar-refractivity contribution in [2.75, 3.05) is 0 Å². The highest BCUT2D eigenvalue weighted by Gasteiger charge is 2.41. The van der Waals surface area contributed by atoms with Gasteiger partial charge in [-0.3, -0.25) is 33.6 Å². The predicted molar refractivity (Wildman–Crippen MR) is 256 cm³/mol. The number of hydrogen-bond donors (Lipinski definition) is 3. The minimum Gasteiger partial charge on any atom is -0.461 e. The third-order valence-corrected chi connectivity index (χ3v) is 15.0. The molecule has 3 aliphatic carbocycles. The molecule has 12 heteroatoms. The van der Waals surface area contributed by atoms with E-state index in [0.717, 1.165) is 82.6 Å². The molecule has 12 nitrogen and oxygen atoms in total. The van der Waals surface area contributed by atoms with E-state index < -0.39 is 35.4 Å². The summed E-state index contributed by atoms with van der Waals surface area (Å²) in [7, 11) is 0. The second kappa shape index (κ2) is 26.5. The Labute approximate surface area is 396 Å². The number of hydrogen-bond acceptors (Lipinski definition) is 9. The molecule has 0 saturated heterocycles. The Morgan fingerprint density at radius 1 is 0.606 bits per heavy atom. The molecule has 0 spiro atoms. The van der Waals surface area contributed by atoms with Crippen molar-refractivity contribution in [2.24, 2.45) is 53.3 Å². The number of carbonyl (C=O) groups is 7. The van der Waals surface area contributed by atoms with E-state index in [2.05, 4.69) is 16.0 Å². The molecular weight excluding hydrogens is 835 g/mol. The summed E-state index contributed by atoms with van der Waals surface area (Å²) in [5.74, 6) is -3.46. The number of ketones is 2. The maximum Gasteiger partial charge on any atom is 0.309 e. The average Bonchev–Trinajstić information content (AvgIpc) is 3.27. The smallest absolute Gasteiger partial charge is 0.309 e. The van der Waals surface area contributed by atoms with Crippen molar-refractivity contribution in [3.63, 3.8) is 0 Å². The number of rotatable bonds is 23. The normalized spacial score (nSPS) is 25.1. The summed E-state index contributed by atoms with van der Waals surface area (Å²) in [5, 5.41) is 9.48. The van der Waals surface area contributed by atoms with Gasteiger partial charge in [0.1, 0.15) is 18.0 Å². The molecule has 12 atom stereocenters. The first kappa shape index (κ1) is 54.5. The zero-order chi connectivity index (χ0) is 48.6. The average molecular weight is 920 g/mol. The van der Waals surface area contributed by atoms with Crippen LogP contribution in [-0.2, 0) is 49.6 Å². The molecule has 3 fully saturated rings. The summed E-state index contributed by atoms with van der Waals surface area (Å²) < 4.78 is 11.2. The first-order chi connectivity index (χ1) is 31.4. The summed E-state index contributed by atoms with van der Waals surface area (Å²) in [5.41, 5.74) is 0.296. The maximum absolute atomic E-state index is 14.1. The van der Waals surface area contributed by atoms with Gasteiger partial charge in [0.15, 0.2) is 5.78 Å². The van der Waals surface area contributed by atoms with Crippen LogP contribution in [0, 0.1) is 53.3 Å². The van der Waals surface area contributed by atoms with Gasteiger partial charge >= 0.3 is 11.9 Å². The van der Waals surface area contributed by atoms with Gasteiger partial charge in [0, 0.05) is 48.6 Å². The highest BCUT2D eigenvalue weighted by Crippen LogP contribution is 2.41. The largest absolute Gasteiger partial charge is 0.461 e. The number of benzene rings is 1. The Hall–Kier alpha value is -4.09. The van der Waals surface area contributed by atoms with Gasteiger partial charge in [-0.15, -0.1) is 0 Å². The molecule has 1 aromatic rings. The van der Waals surface area contributed by atoms with Crippen molar-refractivity contribution in [1.29, 1.82) is 0 Å². The van der Waals surface area contributed by atoms with Gasteiger partial charge in [0.25, 0.3) is 0 Å². The van der Waals surface area contributed by atoms with Crippen LogP contribution in [0.15, 0.2) is 30.3 Å². The number of Topliss-reactive ketones (excluding diaryl/α,β-unsaturated/α-hetero) is 2. The van der Waals surface area contributed by atoms with Crippen LogP contribution in [0.2, 0.25) is 0 Å². The van der Waals surface area contributed by atoms with Gasteiger partial charge < -0.3 is 25.4 Å². The van der Waals surface area contributed by atoms with Crippen LogP contribution in [0.5, 0.6) is 0 Å². The number of carbonyl (C=O) groups excluding carboxylic acids is 7. The zero-order valence-electron chi connectivity index (χ0n) is 41.9. The molecule has 66 heavy (non-hydrogen) atoms. The Kier molecular flexibility index (Phi) is 21.8. The van der Waals surface area contributed by atoms with Gasteiger partial charge in [-0.2, -0.15) is 0 Å². The van der Waals surface area contributed by atoms with E-state index in [1.54, 1.807) is 34.6 Å². The summed E-state index contributed by atoms with van der Waals surface area (Å²) in [4.78, 5) is 94.9. The first-order valence-corrected chi connectivity index (χ1v) is 25.8. The first-order valence-electron chi connectivity index (χ1n) is 25.8. The minimum absolute atomic E-state index is 0.00170. The molecule has 0 bridgehead atoms. The number of amides is 3. The molecular formula is C54H85N3O9. The summed E-state index contributed by atoms with van der Waals surface area (Å²) in [6.07, 6.45) is 12.8. The van der Waals surface area contributed by atoms with Gasteiger partial charge in [0.2, 0.25) is 17.7 Å². The zero-order valence-corrected chi connectivity index (χ0v) is 41.9. The number of esters is 2. The second-order valence-electron chi connectivity index (χ2n) is 21.1. The molecule has 3 aliphatic rings. The summed E-state index contributed by atoms with van der Waals surface area (Å²) in [6, 6.07) is 8.54. The SMILES string of the molecule is CC[C@@H](C(=O)C[C@H](C)C(=O)N[C@@H]1CCCC[C@@H]1[C@@H](CC)C(=O)OCc1ccccc1)[C@H]1CCCC[C@H]1CC(=O)[C@@H](C)NC(=O)[C@H](CC)[C@H]1CCCC[C@H]1NC(=O)[C@@H](C)CC(=O)OC(C)(C)C. The Balaban J connectivity index is 1.32. The molecule has 0 aliphatic heterocycles. The van der Waals surface area contributed by atoms with Crippen LogP contribution in [-0.4, -0.2) is 65.0 Å².